The van der Waals surface area contributed by atoms with E-state index in [1.54, 1.807) is 0 Å². The third kappa shape index (κ3) is 5.99. The number of benzene rings is 1. The average Bonchev–Trinajstić information content (AvgIpc) is 2.49. The minimum absolute atomic E-state index is 0.0542. The molecule has 1 N–H and O–H groups in total. The number of nitro benzene ring substituents is 2. The summed E-state index contributed by atoms with van der Waals surface area (Å²) in [6, 6.07) is 3.16. The van der Waals surface area contributed by atoms with Gasteiger partial charge >= 0.3 is 5.69 Å². The maximum Gasteiger partial charge on any atom is 0.317 e. The van der Waals surface area contributed by atoms with Gasteiger partial charge in [-0.3, -0.25) is 20.2 Å². The van der Waals surface area contributed by atoms with Gasteiger partial charge in [0, 0.05) is 6.07 Å². The van der Waals surface area contributed by atoms with Crippen LogP contribution in [0.25, 0.3) is 0 Å². The Morgan fingerprint density at radius 2 is 1.59 bits per heavy atom. The average molecular weight is 316 g/mol. The van der Waals surface area contributed by atoms with Gasteiger partial charge in [0.1, 0.15) is 6.61 Å². The number of ether oxygens (including phenoxy) is 3. The lowest BCUT2D eigenvalue weighted by atomic mass is 10.2. The Labute approximate surface area is 125 Å². The molecule has 1 aromatic carbocycles. The molecule has 0 radical (unpaired) electrons. The SMILES string of the molecule is O=[N+]([O-])c1ccc(OCCOCCOCCO)c([N+](=O)[O-])c1. The fourth-order valence-electron chi connectivity index (χ4n) is 1.48. The van der Waals surface area contributed by atoms with E-state index in [2.05, 4.69) is 0 Å². The number of aliphatic hydroxyl groups is 1. The molecule has 0 saturated carbocycles. The van der Waals surface area contributed by atoms with Crippen LogP contribution in [0.4, 0.5) is 11.4 Å². The van der Waals surface area contributed by atoms with Gasteiger partial charge in [-0.05, 0) is 6.07 Å². The molecule has 0 heterocycles. The second-order valence-electron chi connectivity index (χ2n) is 3.96. The highest BCUT2D eigenvalue weighted by Gasteiger charge is 2.20. The van der Waals surface area contributed by atoms with Crippen molar-refractivity contribution in [2.45, 2.75) is 0 Å². The quantitative estimate of drug-likeness (QED) is 0.361. The lowest BCUT2D eigenvalue weighted by Gasteiger charge is -2.07. The van der Waals surface area contributed by atoms with Crippen LogP contribution in [0.15, 0.2) is 18.2 Å². The summed E-state index contributed by atoms with van der Waals surface area (Å²) in [5, 5.41) is 29.9. The van der Waals surface area contributed by atoms with E-state index in [0.29, 0.717) is 13.2 Å². The van der Waals surface area contributed by atoms with Crippen molar-refractivity contribution >= 4 is 11.4 Å². The first-order valence-corrected chi connectivity index (χ1v) is 6.38. The van der Waals surface area contributed by atoms with E-state index in [1.807, 2.05) is 0 Å². The highest BCUT2D eigenvalue weighted by molar-refractivity contribution is 5.53. The number of aliphatic hydroxyl groups excluding tert-OH is 1. The minimum Gasteiger partial charge on any atom is -0.484 e. The molecule has 0 atom stereocenters. The summed E-state index contributed by atoms with van der Waals surface area (Å²) in [5.74, 6) is -0.0595. The van der Waals surface area contributed by atoms with Gasteiger partial charge in [-0.2, -0.15) is 0 Å². The molecule has 1 aromatic rings. The van der Waals surface area contributed by atoms with E-state index in [0.717, 1.165) is 12.1 Å². The molecular formula is C12H16N2O8. The van der Waals surface area contributed by atoms with Gasteiger partial charge in [0.25, 0.3) is 5.69 Å². The van der Waals surface area contributed by atoms with Crippen LogP contribution < -0.4 is 4.74 Å². The third-order valence-corrected chi connectivity index (χ3v) is 2.44. The second-order valence-corrected chi connectivity index (χ2v) is 3.96. The van der Waals surface area contributed by atoms with Crippen molar-refractivity contribution in [3.8, 4) is 5.75 Å². The zero-order valence-corrected chi connectivity index (χ0v) is 11.7. The molecule has 0 aliphatic rings. The Hall–Kier alpha value is -2.30. The van der Waals surface area contributed by atoms with Gasteiger partial charge in [0.05, 0.1) is 48.9 Å². The summed E-state index contributed by atoms with van der Waals surface area (Å²) in [4.78, 5) is 20.0. The topological polar surface area (TPSA) is 134 Å². The maximum absolute atomic E-state index is 10.9. The molecule has 0 fully saturated rings. The van der Waals surface area contributed by atoms with Crippen molar-refractivity contribution in [1.82, 2.24) is 0 Å². The van der Waals surface area contributed by atoms with E-state index in [1.165, 1.54) is 6.07 Å². The van der Waals surface area contributed by atoms with Crippen molar-refractivity contribution < 1.29 is 29.2 Å². The van der Waals surface area contributed by atoms with E-state index in [9.17, 15) is 20.2 Å². The van der Waals surface area contributed by atoms with Gasteiger partial charge < -0.3 is 19.3 Å². The first kappa shape index (κ1) is 17.8. The molecule has 10 heteroatoms. The third-order valence-electron chi connectivity index (χ3n) is 2.44. The Morgan fingerprint density at radius 1 is 0.955 bits per heavy atom. The normalized spacial score (nSPS) is 10.4. The lowest BCUT2D eigenvalue weighted by Crippen LogP contribution is -2.12. The number of nitro groups is 2. The van der Waals surface area contributed by atoms with E-state index < -0.39 is 15.5 Å². The Bertz CT molecular complexity index is 508. The summed E-state index contributed by atoms with van der Waals surface area (Å²) in [7, 11) is 0. The molecule has 10 nitrogen and oxygen atoms in total. The lowest BCUT2D eigenvalue weighted by molar-refractivity contribution is -0.394. The molecule has 0 spiro atoms. The van der Waals surface area contributed by atoms with E-state index in [4.69, 9.17) is 19.3 Å². The maximum atomic E-state index is 10.9. The number of rotatable bonds is 11. The van der Waals surface area contributed by atoms with Gasteiger partial charge in [-0.1, -0.05) is 0 Å². The Balaban J connectivity index is 2.42. The van der Waals surface area contributed by atoms with Crippen LogP contribution in [0.3, 0.4) is 0 Å². The molecule has 0 aliphatic carbocycles. The van der Waals surface area contributed by atoms with Crippen LogP contribution in [0.1, 0.15) is 0 Å². The minimum atomic E-state index is -0.744. The zero-order chi connectivity index (χ0) is 16.4. The van der Waals surface area contributed by atoms with Crippen molar-refractivity contribution in [3.63, 3.8) is 0 Å². The van der Waals surface area contributed by atoms with Crippen LogP contribution in [0.2, 0.25) is 0 Å². The first-order chi connectivity index (χ1) is 10.6. The Morgan fingerprint density at radius 3 is 2.18 bits per heavy atom. The molecule has 22 heavy (non-hydrogen) atoms. The summed E-state index contributed by atoms with van der Waals surface area (Å²) in [5.41, 5.74) is -0.850. The number of hydrogen-bond donors (Lipinski definition) is 1. The number of hydrogen-bond acceptors (Lipinski definition) is 8. The fraction of sp³-hybridized carbons (Fsp3) is 0.500. The monoisotopic (exact) mass is 316 g/mol. The van der Waals surface area contributed by atoms with Gasteiger partial charge in [-0.25, -0.2) is 0 Å². The first-order valence-electron chi connectivity index (χ1n) is 6.38. The summed E-state index contributed by atoms with van der Waals surface area (Å²) < 4.78 is 15.3. The van der Waals surface area contributed by atoms with Gasteiger partial charge in [0.2, 0.25) is 0 Å². The smallest absolute Gasteiger partial charge is 0.317 e. The summed E-state index contributed by atoms with van der Waals surface area (Å²) >= 11 is 0. The van der Waals surface area contributed by atoms with Crippen LogP contribution in [0, 0.1) is 20.2 Å². The van der Waals surface area contributed by atoms with Crippen LogP contribution in [-0.2, 0) is 9.47 Å². The summed E-state index contributed by atoms with van der Waals surface area (Å²) in [6.07, 6.45) is 0. The fourth-order valence-corrected chi connectivity index (χ4v) is 1.48. The summed E-state index contributed by atoms with van der Waals surface area (Å²) in [6.45, 7) is 1.01. The molecule has 0 aliphatic heterocycles. The van der Waals surface area contributed by atoms with Crippen molar-refractivity contribution in [3.05, 3.63) is 38.4 Å². The van der Waals surface area contributed by atoms with Crippen LogP contribution in [0.5, 0.6) is 5.75 Å². The van der Waals surface area contributed by atoms with Crippen molar-refractivity contribution in [2.75, 3.05) is 39.6 Å². The van der Waals surface area contributed by atoms with E-state index in [-0.39, 0.29) is 37.9 Å². The standard InChI is InChI=1S/C12H16N2O8/c15-3-4-20-5-6-21-7-8-22-12-2-1-10(13(16)17)9-11(12)14(18)19/h1-2,9,15H,3-8H2. The molecular weight excluding hydrogens is 300 g/mol. The largest absolute Gasteiger partial charge is 0.484 e. The molecule has 0 bridgehead atoms. The predicted octanol–water partition coefficient (Wildman–Crippen LogP) is 0.907. The van der Waals surface area contributed by atoms with E-state index >= 15 is 0 Å². The number of non-ortho nitro benzene ring substituents is 1. The molecule has 0 amide bonds. The highest BCUT2D eigenvalue weighted by Crippen LogP contribution is 2.30. The van der Waals surface area contributed by atoms with Crippen LogP contribution >= 0.6 is 0 Å². The van der Waals surface area contributed by atoms with Crippen LogP contribution in [-0.4, -0.2) is 54.6 Å². The molecule has 0 aromatic heterocycles. The predicted molar refractivity (Wildman–Crippen MR) is 74.0 cm³/mol. The highest BCUT2D eigenvalue weighted by atomic mass is 16.6. The molecule has 0 saturated heterocycles. The molecule has 0 unspecified atom stereocenters. The molecule has 122 valence electrons. The molecule has 1 rings (SSSR count). The van der Waals surface area contributed by atoms with Crippen molar-refractivity contribution in [1.29, 1.82) is 0 Å². The Kier molecular flexibility index (Phi) is 7.75. The zero-order valence-electron chi connectivity index (χ0n) is 11.7. The van der Waals surface area contributed by atoms with Crippen molar-refractivity contribution in [2.24, 2.45) is 0 Å². The number of nitrogens with zero attached hydrogens (tertiary/aromatic N) is 2. The second kappa shape index (κ2) is 9.60. The van der Waals surface area contributed by atoms with Gasteiger partial charge in [0.15, 0.2) is 5.75 Å². The van der Waals surface area contributed by atoms with Gasteiger partial charge in [-0.15, -0.1) is 0 Å².